The van der Waals surface area contributed by atoms with Gasteiger partial charge in [0.15, 0.2) is 12.2 Å². The lowest BCUT2D eigenvalue weighted by atomic mass is 10.1. The van der Waals surface area contributed by atoms with E-state index in [1.165, 1.54) is 19.1 Å². The van der Waals surface area contributed by atoms with E-state index < -0.39 is 41.3 Å². The summed E-state index contributed by atoms with van der Waals surface area (Å²) in [5.41, 5.74) is 0.395. The number of hydrogen-bond donors (Lipinski definition) is 2. The molecule has 0 saturated heterocycles. The second-order valence-corrected chi connectivity index (χ2v) is 6.75. The number of rotatable bonds is 6. The van der Waals surface area contributed by atoms with Crippen molar-refractivity contribution in [1.29, 1.82) is 0 Å². The summed E-state index contributed by atoms with van der Waals surface area (Å²) in [5.74, 6) is -1.58. The van der Waals surface area contributed by atoms with Crippen molar-refractivity contribution in [2.24, 2.45) is 0 Å². The van der Waals surface area contributed by atoms with Crippen molar-refractivity contribution in [3.63, 3.8) is 0 Å². The first kappa shape index (κ1) is 21.1. The number of para-hydroxylation sites is 2. The first-order valence-electron chi connectivity index (χ1n) is 8.75. The Balaban J connectivity index is 1.56. The van der Waals surface area contributed by atoms with E-state index in [0.717, 1.165) is 6.07 Å². The number of hydrogen-bond acceptors (Lipinski definition) is 7. The molecule has 11 heteroatoms. The van der Waals surface area contributed by atoms with Crippen LogP contribution in [0.25, 0.3) is 0 Å². The van der Waals surface area contributed by atoms with Crippen molar-refractivity contribution in [3.8, 4) is 5.75 Å². The van der Waals surface area contributed by atoms with Crippen LogP contribution in [-0.2, 0) is 19.1 Å². The van der Waals surface area contributed by atoms with Gasteiger partial charge >= 0.3 is 5.97 Å². The summed E-state index contributed by atoms with van der Waals surface area (Å²) in [7, 11) is 0. The monoisotopic (exact) mass is 433 g/mol. The minimum absolute atomic E-state index is 0.0398. The number of carbonyl (C=O) groups is 3. The van der Waals surface area contributed by atoms with Crippen LogP contribution < -0.4 is 15.4 Å². The molecule has 2 atom stereocenters. The van der Waals surface area contributed by atoms with Gasteiger partial charge in [0.2, 0.25) is 0 Å². The molecule has 156 valence electrons. The van der Waals surface area contributed by atoms with E-state index in [2.05, 4.69) is 10.6 Å². The van der Waals surface area contributed by atoms with Gasteiger partial charge in [-0.2, -0.15) is 0 Å². The predicted molar refractivity (Wildman–Crippen MR) is 106 cm³/mol. The zero-order valence-electron chi connectivity index (χ0n) is 15.6. The molecule has 0 aromatic heterocycles. The van der Waals surface area contributed by atoms with Gasteiger partial charge in [-0.1, -0.05) is 23.7 Å². The lowest BCUT2D eigenvalue weighted by molar-refractivity contribution is -0.384. The molecule has 30 heavy (non-hydrogen) atoms. The van der Waals surface area contributed by atoms with Crippen LogP contribution >= 0.6 is 11.6 Å². The van der Waals surface area contributed by atoms with E-state index in [4.69, 9.17) is 21.1 Å². The van der Waals surface area contributed by atoms with Gasteiger partial charge in [0, 0.05) is 12.1 Å². The Morgan fingerprint density at radius 3 is 2.77 bits per heavy atom. The van der Waals surface area contributed by atoms with E-state index in [1.807, 2.05) is 0 Å². The van der Waals surface area contributed by atoms with E-state index in [0.29, 0.717) is 11.4 Å². The highest BCUT2D eigenvalue weighted by atomic mass is 35.5. The van der Waals surface area contributed by atoms with Crippen LogP contribution in [0.15, 0.2) is 42.5 Å². The predicted octanol–water partition coefficient (Wildman–Crippen LogP) is 2.91. The first-order valence-corrected chi connectivity index (χ1v) is 9.13. The van der Waals surface area contributed by atoms with E-state index in [9.17, 15) is 24.5 Å². The molecule has 2 N–H and O–H groups in total. The molecule has 10 nitrogen and oxygen atoms in total. The number of fused-ring (bicyclic) bond motifs is 1. The zero-order chi connectivity index (χ0) is 21.8. The Morgan fingerprint density at radius 2 is 2.07 bits per heavy atom. The fourth-order valence-electron chi connectivity index (χ4n) is 2.63. The Kier molecular flexibility index (Phi) is 6.17. The Hall–Kier alpha value is -3.66. The molecule has 2 amide bonds. The van der Waals surface area contributed by atoms with Crippen molar-refractivity contribution in [1.82, 2.24) is 0 Å². The molecule has 0 spiro atoms. The molecule has 0 saturated carbocycles. The first-order chi connectivity index (χ1) is 14.2. The summed E-state index contributed by atoms with van der Waals surface area (Å²) in [6.07, 6.45) is -2.69. The molecule has 0 radical (unpaired) electrons. The molecule has 3 rings (SSSR count). The number of ether oxygens (including phenoxy) is 2. The lowest BCUT2D eigenvalue weighted by Crippen LogP contribution is -2.40. The summed E-state index contributed by atoms with van der Waals surface area (Å²) < 4.78 is 10.6. The van der Waals surface area contributed by atoms with E-state index in [-0.39, 0.29) is 16.4 Å². The summed E-state index contributed by atoms with van der Waals surface area (Å²) in [4.78, 5) is 46.6. The van der Waals surface area contributed by atoms with Gasteiger partial charge in [-0.3, -0.25) is 24.5 Å². The van der Waals surface area contributed by atoms with Gasteiger partial charge in [0.05, 0.1) is 27.7 Å². The third-order valence-electron chi connectivity index (χ3n) is 4.16. The fourth-order valence-corrected chi connectivity index (χ4v) is 2.85. The van der Waals surface area contributed by atoms with Crippen molar-refractivity contribution in [2.75, 3.05) is 10.6 Å². The minimum atomic E-state index is -1.21. The number of nitrogens with one attached hydrogen (secondary N) is 2. The van der Waals surface area contributed by atoms with Gasteiger partial charge in [0.25, 0.3) is 17.5 Å². The van der Waals surface area contributed by atoms with Crippen molar-refractivity contribution < 1.29 is 28.8 Å². The number of benzene rings is 2. The number of nitro benzene ring substituents is 1. The number of non-ortho nitro benzene ring substituents is 1. The molecule has 0 bridgehead atoms. The summed E-state index contributed by atoms with van der Waals surface area (Å²) in [5, 5.41) is 15.7. The average molecular weight is 434 g/mol. The molecule has 0 fully saturated rings. The average Bonchev–Trinajstić information content (AvgIpc) is 2.69. The maximum absolute atomic E-state index is 12.2. The maximum Gasteiger partial charge on any atom is 0.310 e. The molecule has 2 unspecified atom stereocenters. The van der Waals surface area contributed by atoms with Gasteiger partial charge in [-0.05, 0) is 25.1 Å². The van der Waals surface area contributed by atoms with E-state index in [1.54, 1.807) is 24.3 Å². The topological polar surface area (TPSA) is 137 Å². The highest BCUT2D eigenvalue weighted by Gasteiger charge is 2.31. The molecule has 1 heterocycles. The van der Waals surface area contributed by atoms with Crippen molar-refractivity contribution >= 4 is 46.4 Å². The number of nitro groups is 1. The van der Waals surface area contributed by atoms with Gasteiger partial charge < -0.3 is 20.1 Å². The second kappa shape index (κ2) is 8.78. The van der Waals surface area contributed by atoms with Gasteiger partial charge in [-0.25, -0.2) is 0 Å². The molecule has 1 aliphatic heterocycles. The van der Waals surface area contributed by atoms with Crippen molar-refractivity contribution in [3.05, 3.63) is 57.6 Å². The summed E-state index contributed by atoms with van der Waals surface area (Å²) >= 11 is 5.93. The normalized spacial score (nSPS) is 15.8. The van der Waals surface area contributed by atoms with Crippen LogP contribution in [0.1, 0.15) is 13.3 Å². The van der Waals surface area contributed by atoms with E-state index >= 15 is 0 Å². The number of halogens is 1. The van der Waals surface area contributed by atoms with Crippen LogP contribution in [0.4, 0.5) is 17.1 Å². The molecular weight excluding hydrogens is 418 g/mol. The Bertz CT molecular complexity index is 1030. The standard InChI is InChI=1S/C19H16ClN3O7/c1-10(18(25)21-13-7-6-11(23(27)28)8-12(13)20)29-17(24)9-16-19(26)22-14-4-2-3-5-15(14)30-16/h2-8,10,16H,9H2,1H3,(H,21,25)(H,22,26). The molecule has 2 aromatic carbocycles. The number of amides is 2. The summed E-state index contributed by atoms with van der Waals surface area (Å²) in [6, 6.07) is 10.3. The Morgan fingerprint density at radius 1 is 1.33 bits per heavy atom. The number of nitrogens with zero attached hydrogens (tertiary/aromatic N) is 1. The van der Waals surface area contributed by atoms with Crippen molar-refractivity contribution in [2.45, 2.75) is 25.6 Å². The number of anilines is 2. The largest absolute Gasteiger partial charge is 0.478 e. The number of esters is 1. The fraction of sp³-hybridized carbons (Fsp3) is 0.211. The van der Waals surface area contributed by atoms with Gasteiger partial charge in [0.1, 0.15) is 5.75 Å². The van der Waals surface area contributed by atoms with Gasteiger partial charge in [-0.15, -0.1) is 0 Å². The smallest absolute Gasteiger partial charge is 0.310 e. The van der Waals surface area contributed by atoms with Crippen LogP contribution in [0, 0.1) is 10.1 Å². The SMILES string of the molecule is CC(OC(=O)CC1Oc2ccccc2NC1=O)C(=O)Nc1ccc([N+](=O)[O-])cc1Cl. The van der Waals surface area contributed by atoms with Crippen LogP contribution in [-0.4, -0.2) is 34.9 Å². The van der Waals surface area contributed by atoms with Crippen LogP contribution in [0.3, 0.4) is 0 Å². The molecule has 1 aliphatic rings. The zero-order valence-corrected chi connectivity index (χ0v) is 16.3. The molecule has 0 aliphatic carbocycles. The van der Waals surface area contributed by atoms with Crippen LogP contribution in [0.2, 0.25) is 5.02 Å². The maximum atomic E-state index is 12.2. The highest BCUT2D eigenvalue weighted by molar-refractivity contribution is 6.34. The molecule has 2 aromatic rings. The Labute approximate surface area is 175 Å². The second-order valence-electron chi connectivity index (χ2n) is 6.34. The minimum Gasteiger partial charge on any atom is -0.478 e. The number of carbonyl (C=O) groups excluding carboxylic acids is 3. The van der Waals surface area contributed by atoms with Crippen LogP contribution in [0.5, 0.6) is 5.75 Å². The highest BCUT2D eigenvalue weighted by Crippen LogP contribution is 2.30. The lowest BCUT2D eigenvalue weighted by Gasteiger charge is -2.25. The quantitative estimate of drug-likeness (QED) is 0.406. The third kappa shape index (κ3) is 4.84. The molecular formula is C19H16ClN3O7. The third-order valence-corrected chi connectivity index (χ3v) is 4.47. The summed E-state index contributed by atoms with van der Waals surface area (Å²) in [6.45, 7) is 1.34.